The van der Waals surface area contributed by atoms with Crippen LogP contribution >= 0.6 is 7.14 Å². The van der Waals surface area contributed by atoms with Gasteiger partial charge in [-0.2, -0.15) is 0 Å². The van der Waals surface area contributed by atoms with E-state index in [2.05, 4.69) is 4.98 Å². The molecule has 3 rings (SSSR count). The first-order valence-electron chi connectivity index (χ1n) is 7.02. The van der Waals surface area contributed by atoms with Crippen molar-refractivity contribution in [2.75, 3.05) is 0 Å². The fraction of sp³-hybridized carbons (Fsp3) is 0.0556. The Balaban J connectivity index is 2.18. The quantitative estimate of drug-likeness (QED) is 0.754. The summed E-state index contributed by atoms with van der Waals surface area (Å²) in [6, 6.07) is 21.8. The largest absolute Gasteiger partial charge is 0.380 e. The van der Waals surface area contributed by atoms with Crippen LogP contribution in [0.4, 0.5) is 0 Å². The van der Waals surface area contributed by atoms with E-state index in [4.69, 9.17) is 0 Å². The van der Waals surface area contributed by atoms with Crippen molar-refractivity contribution in [2.45, 2.75) is 5.85 Å². The van der Waals surface area contributed by atoms with E-state index >= 15 is 0 Å². The van der Waals surface area contributed by atoms with Crippen molar-refractivity contribution in [3.8, 4) is 0 Å². The molecule has 3 nitrogen and oxygen atoms in total. The fourth-order valence-corrected chi connectivity index (χ4v) is 5.13. The van der Waals surface area contributed by atoms with Crippen LogP contribution in [0.1, 0.15) is 11.4 Å². The number of rotatable bonds is 4. The predicted molar refractivity (Wildman–Crippen MR) is 89.0 cm³/mol. The average molecular weight is 309 g/mol. The first kappa shape index (κ1) is 14.7. The zero-order valence-corrected chi connectivity index (χ0v) is 12.8. The van der Waals surface area contributed by atoms with E-state index in [1.807, 2.05) is 36.4 Å². The Kier molecular flexibility index (Phi) is 4.19. The van der Waals surface area contributed by atoms with Gasteiger partial charge in [0.25, 0.3) is 0 Å². The summed E-state index contributed by atoms with van der Waals surface area (Å²) in [7, 11) is -3.22. The maximum Gasteiger partial charge on any atom is 0.174 e. The van der Waals surface area contributed by atoms with Gasteiger partial charge in [-0.1, -0.05) is 66.7 Å². The Hall–Kier alpha value is -2.22. The lowest BCUT2D eigenvalue weighted by Gasteiger charge is -2.25. The SMILES string of the molecule is O=P(c1ccccc1)(c1ccccc1)[C@@H](O)c1cccnc1. The monoisotopic (exact) mass is 309 g/mol. The molecule has 0 bridgehead atoms. The summed E-state index contributed by atoms with van der Waals surface area (Å²) in [4.78, 5) is 4.03. The Labute approximate surface area is 129 Å². The normalized spacial score (nSPS) is 12.8. The highest BCUT2D eigenvalue weighted by Crippen LogP contribution is 2.55. The number of aliphatic hydroxyl groups is 1. The Morgan fingerprint density at radius 3 is 1.82 bits per heavy atom. The predicted octanol–water partition coefficient (Wildman–Crippen LogP) is 3.09. The molecule has 0 amide bonds. The lowest BCUT2D eigenvalue weighted by atomic mass is 10.3. The van der Waals surface area contributed by atoms with E-state index < -0.39 is 13.0 Å². The molecule has 2 aromatic carbocycles. The number of aromatic nitrogens is 1. The Morgan fingerprint density at radius 1 is 0.818 bits per heavy atom. The van der Waals surface area contributed by atoms with Gasteiger partial charge in [0.2, 0.25) is 0 Å². The zero-order valence-electron chi connectivity index (χ0n) is 11.9. The van der Waals surface area contributed by atoms with Crippen LogP contribution in [0.3, 0.4) is 0 Å². The number of aliphatic hydroxyl groups excluding tert-OH is 1. The Morgan fingerprint density at radius 2 is 1.36 bits per heavy atom. The van der Waals surface area contributed by atoms with Gasteiger partial charge in [0.1, 0.15) is 5.85 Å². The number of nitrogens with zero attached hydrogens (tertiary/aromatic N) is 1. The van der Waals surface area contributed by atoms with Gasteiger partial charge in [-0.15, -0.1) is 0 Å². The molecule has 110 valence electrons. The van der Waals surface area contributed by atoms with Crippen molar-refractivity contribution in [1.29, 1.82) is 0 Å². The van der Waals surface area contributed by atoms with Crippen LogP contribution in [-0.4, -0.2) is 10.1 Å². The second-order valence-electron chi connectivity index (χ2n) is 4.99. The number of pyridine rings is 1. The van der Waals surface area contributed by atoms with E-state index in [9.17, 15) is 9.67 Å². The van der Waals surface area contributed by atoms with Gasteiger partial charge >= 0.3 is 0 Å². The fourth-order valence-electron chi connectivity index (χ4n) is 2.47. The summed E-state index contributed by atoms with van der Waals surface area (Å²) < 4.78 is 13.8. The minimum Gasteiger partial charge on any atom is -0.380 e. The summed E-state index contributed by atoms with van der Waals surface area (Å²) in [5, 5.41) is 12.1. The van der Waals surface area contributed by atoms with Crippen molar-refractivity contribution >= 4 is 17.8 Å². The van der Waals surface area contributed by atoms with Gasteiger partial charge in [0.15, 0.2) is 7.14 Å². The Bertz CT molecular complexity index is 732. The average Bonchev–Trinajstić information content (AvgIpc) is 2.62. The standard InChI is InChI=1S/C18H16NO2P/c20-18(15-8-7-13-19-14-15)22(21,16-9-3-1-4-10-16)17-11-5-2-6-12-17/h1-14,18,20H/t18-/m1/s1. The topological polar surface area (TPSA) is 50.2 Å². The van der Waals surface area contributed by atoms with Crippen LogP contribution in [0.5, 0.6) is 0 Å². The van der Waals surface area contributed by atoms with Crippen LogP contribution in [0, 0.1) is 0 Å². The molecule has 0 aliphatic carbocycles. The molecule has 1 N–H and O–H groups in total. The lowest BCUT2D eigenvalue weighted by molar-refractivity contribution is 0.256. The molecule has 0 unspecified atom stereocenters. The van der Waals surface area contributed by atoms with Crippen molar-refractivity contribution < 1.29 is 9.67 Å². The smallest absolute Gasteiger partial charge is 0.174 e. The first-order valence-corrected chi connectivity index (χ1v) is 8.79. The van der Waals surface area contributed by atoms with Crippen LogP contribution in [-0.2, 0) is 4.57 Å². The molecule has 0 radical (unpaired) electrons. The molecule has 4 heteroatoms. The van der Waals surface area contributed by atoms with Gasteiger partial charge in [-0.25, -0.2) is 0 Å². The lowest BCUT2D eigenvalue weighted by Crippen LogP contribution is -2.21. The first-order chi connectivity index (χ1) is 10.7. The third-order valence-electron chi connectivity index (χ3n) is 3.61. The summed E-state index contributed by atoms with van der Waals surface area (Å²) in [6.45, 7) is 0. The minimum atomic E-state index is -3.22. The number of benzene rings is 2. The van der Waals surface area contributed by atoms with E-state index in [1.54, 1.807) is 48.8 Å². The van der Waals surface area contributed by atoms with Crippen molar-refractivity contribution in [2.24, 2.45) is 0 Å². The highest BCUT2D eigenvalue weighted by Gasteiger charge is 2.36. The third-order valence-corrected chi connectivity index (χ3v) is 6.72. The van der Waals surface area contributed by atoms with Gasteiger partial charge in [-0.3, -0.25) is 4.98 Å². The molecule has 0 saturated carbocycles. The molecule has 0 saturated heterocycles. The maximum absolute atomic E-state index is 13.8. The highest BCUT2D eigenvalue weighted by atomic mass is 31.2. The number of hydrogen-bond acceptors (Lipinski definition) is 3. The summed E-state index contributed by atoms with van der Waals surface area (Å²) in [6.07, 6.45) is 3.19. The second-order valence-corrected chi connectivity index (χ2v) is 7.83. The molecule has 22 heavy (non-hydrogen) atoms. The van der Waals surface area contributed by atoms with Crippen LogP contribution in [0.2, 0.25) is 0 Å². The third kappa shape index (κ3) is 2.61. The molecule has 0 fully saturated rings. The second kappa shape index (κ2) is 6.27. The van der Waals surface area contributed by atoms with Gasteiger partial charge < -0.3 is 9.67 Å². The molecule has 0 aliphatic heterocycles. The molecule has 0 spiro atoms. The number of hydrogen-bond donors (Lipinski definition) is 1. The van der Waals surface area contributed by atoms with Crippen molar-refractivity contribution in [3.63, 3.8) is 0 Å². The van der Waals surface area contributed by atoms with E-state index in [0.29, 0.717) is 16.2 Å². The molecular formula is C18H16NO2P. The van der Waals surface area contributed by atoms with Crippen LogP contribution < -0.4 is 10.6 Å². The van der Waals surface area contributed by atoms with E-state index in [0.717, 1.165) is 0 Å². The van der Waals surface area contributed by atoms with Gasteiger partial charge in [0, 0.05) is 28.6 Å². The van der Waals surface area contributed by atoms with Crippen molar-refractivity contribution in [1.82, 2.24) is 4.98 Å². The summed E-state index contributed by atoms with van der Waals surface area (Å²) in [5.41, 5.74) is 0.554. The van der Waals surface area contributed by atoms with Crippen molar-refractivity contribution in [3.05, 3.63) is 90.8 Å². The molecular weight excluding hydrogens is 293 g/mol. The van der Waals surface area contributed by atoms with Gasteiger partial charge in [-0.05, 0) is 6.07 Å². The maximum atomic E-state index is 13.8. The van der Waals surface area contributed by atoms with Crippen LogP contribution in [0.25, 0.3) is 0 Å². The van der Waals surface area contributed by atoms with Crippen LogP contribution in [0.15, 0.2) is 85.2 Å². The van der Waals surface area contributed by atoms with Gasteiger partial charge in [0.05, 0.1) is 0 Å². The summed E-state index contributed by atoms with van der Waals surface area (Å²) in [5.74, 6) is -1.12. The van der Waals surface area contributed by atoms with E-state index in [-0.39, 0.29) is 0 Å². The highest BCUT2D eigenvalue weighted by molar-refractivity contribution is 7.78. The minimum absolute atomic E-state index is 0.554. The molecule has 1 heterocycles. The summed E-state index contributed by atoms with van der Waals surface area (Å²) >= 11 is 0. The van der Waals surface area contributed by atoms with E-state index in [1.165, 1.54) is 0 Å². The molecule has 3 aromatic rings. The molecule has 1 aromatic heterocycles. The molecule has 1 atom stereocenters. The molecule has 0 aliphatic rings. The zero-order chi connectivity index (χ0) is 15.4.